The van der Waals surface area contributed by atoms with Crippen LogP contribution < -0.4 is 11.5 Å². The molecule has 0 aliphatic heterocycles. The predicted molar refractivity (Wildman–Crippen MR) is 38.0 cm³/mol. The maximum Gasteiger partial charge on any atom is 0.166 e. The normalized spacial score (nSPS) is 9.80. The lowest BCUT2D eigenvalue weighted by molar-refractivity contribution is 0.627. The summed E-state index contributed by atoms with van der Waals surface area (Å²) >= 11 is 5.40. The van der Waals surface area contributed by atoms with Gasteiger partial charge < -0.3 is 11.5 Å². The highest BCUT2D eigenvalue weighted by atomic mass is 35.5. The molecular weight excluding hydrogens is 157 g/mol. The summed E-state index contributed by atoms with van der Waals surface area (Å²) < 4.78 is 12.4. The first-order chi connectivity index (χ1) is 4.63. The Morgan fingerprint density at radius 3 is 2.50 bits per heavy atom. The third-order valence-electron chi connectivity index (χ3n) is 1.06. The second-order valence-corrected chi connectivity index (χ2v) is 2.08. The van der Waals surface area contributed by atoms with Crippen LogP contribution in [0.25, 0.3) is 0 Å². The Balaban J connectivity index is 3.34. The van der Waals surface area contributed by atoms with Crippen molar-refractivity contribution in [1.29, 1.82) is 0 Å². The van der Waals surface area contributed by atoms with E-state index < -0.39 is 5.82 Å². The van der Waals surface area contributed by atoms with Gasteiger partial charge in [0.2, 0.25) is 0 Å². The Morgan fingerprint density at radius 1 is 1.40 bits per heavy atom. The smallest absolute Gasteiger partial charge is 0.166 e. The molecule has 0 aromatic carbocycles. The van der Waals surface area contributed by atoms with Crippen molar-refractivity contribution >= 4 is 23.0 Å². The largest absolute Gasteiger partial charge is 0.395 e. The van der Waals surface area contributed by atoms with Crippen LogP contribution in [-0.2, 0) is 0 Å². The fourth-order valence-electron chi connectivity index (χ4n) is 0.492. The summed E-state index contributed by atoms with van der Waals surface area (Å²) in [5.41, 5.74) is 10.2. The van der Waals surface area contributed by atoms with Gasteiger partial charge in [-0.1, -0.05) is 11.6 Å². The minimum absolute atomic E-state index is 0.0123. The van der Waals surface area contributed by atoms with Crippen LogP contribution >= 0.6 is 11.6 Å². The molecule has 4 N–H and O–H groups in total. The van der Waals surface area contributed by atoms with Crippen molar-refractivity contribution in [2.45, 2.75) is 0 Å². The minimum Gasteiger partial charge on any atom is -0.395 e. The van der Waals surface area contributed by atoms with Gasteiger partial charge in [-0.3, -0.25) is 0 Å². The average Bonchev–Trinajstić information content (AvgIpc) is 1.93. The van der Waals surface area contributed by atoms with Crippen LogP contribution in [0.1, 0.15) is 0 Å². The molecule has 54 valence electrons. The molecule has 0 radical (unpaired) electrons. The number of halogens is 2. The lowest BCUT2D eigenvalue weighted by Crippen LogP contribution is -1.99. The molecule has 3 nitrogen and oxygen atoms in total. The predicted octanol–water partition coefficient (Wildman–Crippen LogP) is 1.04. The van der Waals surface area contributed by atoms with Crippen molar-refractivity contribution in [3.63, 3.8) is 0 Å². The molecule has 1 aromatic rings. The number of hydrogen-bond acceptors (Lipinski definition) is 3. The zero-order valence-electron chi connectivity index (χ0n) is 4.94. The Morgan fingerprint density at radius 2 is 2.00 bits per heavy atom. The monoisotopic (exact) mass is 161 g/mol. The molecule has 0 aliphatic carbocycles. The Kier molecular flexibility index (Phi) is 1.63. The van der Waals surface area contributed by atoms with Crippen LogP contribution in [0.3, 0.4) is 0 Å². The number of rotatable bonds is 0. The molecule has 0 spiro atoms. The van der Waals surface area contributed by atoms with E-state index in [2.05, 4.69) is 4.98 Å². The van der Waals surface area contributed by atoms with Gasteiger partial charge in [-0.05, 0) is 0 Å². The number of aromatic nitrogens is 1. The molecule has 0 saturated heterocycles. The van der Waals surface area contributed by atoms with Crippen LogP contribution in [0.5, 0.6) is 0 Å². The molecule has 0 bridgehead atoms. The SMILES string of the molecule is Nc1c(F)cnc(Cl)c1N. The molecule has 10 heavy (non-hydrogen) atoms. The van der Waals surface area contributed by atoms with E-state index in [1.165, 1.54) is 0 Å². The molecule has 0 saturated carbocycles. The Bertz CT molecular complexity index is 236. The molecule has 0 amide bonds. The van der Waals surface area contributed by atoms with E-state index in [0.29, 0.717) is 0 Å². The van der Waals surface area contributed by atoms with Crippen LogP contribution in [0.4, 0.5) is 15.8 Å². The molecule has 0 fully saturated rings. The molecule has 1 heterocycles. The second kappa shape index (κ2) is 2.30. The number of hydrogen-bond donors (Lipinski definition) is 2. The first-order valence-corrected chi connectivity index (χ1v) is 2.85. The van der Waals surface area contributed by atoms with E-state index >= 15 is 0 Å². The van der Waals surface area contributed by atoms with Gasteiger partial charge >= 0.3 is 0 Å². The van der Waals surface area contributed by atoms with Gasteiger partial charge in [-0.15, -0.1) is 0 Å². The fourth-order valence-corrected chi connectivity index (χ4v) is 0.643. The van der Waals surface area contributed by atoms with Crippen LogP contribution in [0, 0.1) is 5.82 Å². The summed E-state index contributed by atoms with van der Waals surface area (Å²) in [6, 6.07) is 0. The first-order valence-electron chi connectivity index (χ1n) is 2.48. The van der Waals surface area contributed by atoms with Crippen molar-refractivity contribution in [3.8, 4) is 0 Å². The van der Waals surface area contributed by atoms with Gasteiger partial charge in [-0.2, -0.15) is 0 Å². The highest BCUT2D eigenvalue weighted by molar-refractivity contribution is 6.32. The van der Waals surface area contributed by atoms with Gasteiger partial charge in [0.25, 0.3) is 0 Å². The second-order valence-electron chi connectivity index (χ2n) is 1.72. The third kappa shape index (κ3) is 0.974. The lowest BCUT2D eigenvalue weighted by Gasteiger charge is -2.00. The molecule has 0 unspecified atom stereocenters. The molecule has 0 aliphatic rings. The Hall–Kier alpha value is -1.03. The fraction of sp³-hybridized carbons (Fsp3) is 0. The highest BCUT2D eigenvalue weighted by Crippen LogP contribution is 2.23. The van der Waals surface area contributed by atoms with Gasteiger partial charge in [0.15, 0.2) is 11.0 Å². The van der Waals surface area contributed by atoms with Crippen molar-refractivity contribution in [1.82, 2.24) is 4.98 Å². The number of nitrogen functional groups attached to an aromatic ring is 2. The van der Waals surface area contributed by atoms with Crippen molar-refractivity contribution in [3.05, 3.63) is 17.2 Å². The zero-order chi connectivity index (χ0) is 7.72. The summed E-state index contributed by atoms with van der Waals surface area (Å²) in [5.74, 6) is -0.651. The molecule has 0 atom stereocenters. The molecular formula is C5H5ClFN3. The van der Waals surface area contributed by atoms with E-state index in [-0.39, 0.29) is 16.5 Å². The van der Waals surface area contributed by atoms with Gasteiger partial charge in [0, 0.05) is 0 Å². The lowest BCUT2D eigenvalue weighted by atomic mass is 10.3. The topological polar surface area (TPSA) is 64.9 Å². The maximum absolute atomic E-state index is 12.4. The number of nitrogens with zero attached hydrogens (tertiary/aromatic N) is 1. The van der Waals surface area contributed by atoms with Crippen LogP contribution in [-0.4, -0.2) is 4.98 Å². The molecule has 1 rings (SSSR count). The van der Waals surface area contributed by atoms with Crippen LogP contribution in [0.15, 0.2) is 6.20 Å². The first kappa shape index (κ1) is 7.08. The average molecular weight is 162 g/mol. The number of pyridine rings is 1. The summed E-state index contributed by atoms with van der Waals surface area (Å²) in [7, 11) is 0. The van der Waals surface area contributed by atoms with E-state index in [0.717, 1.165) is 6.20 Å². The Labute approximate surface area is 61.8 Å². The summed E-state index contributed by atoms with van der Waals surface area (Å²) in [6.45, 7) is 0. The van der Waals surface area contributed by atoms with E-state index in [1.807, 2.05) is 0 Å². The molecule has 5 heteroatoms. The minimum atomic E-state index is -0.651. The third-order valence-corrected chi connectivity index (χ3v) is 1.36. The molecule has 1 aromatic heterocycles. The number of nitrogens with two attached hydrogens (primary N) is 2. The summed E-state index contributed by atoms with van der Waals surface area (Å²) in [6.07, 6.45) is 0.925. The van der Waals surface area contributed by atoms with Gasteiger partial charge in [0.1, 0.15) is 0 Å². The van der Waals surface area contributed by atoms with E-state index in [9.17, 15) is 4.39 Å². The zero-order valence-corrected chi connectivity index (χ0v) is 5.69. The highest BCUT2D eigenvalue weighted by Gasteiger charge is 2.05. The van der Waals surface area contributed by atoms with E-state index in [4.69, 9.17) is 23.1 Å². The van der Waals surface area contributed by atoms with Crippen molar-refractivity contribution in [2.24, 2.45) is 0 Å². The van der Waals surface area contributed by atoms with Gasteiger partial charge in [-0.25, -0.2) is 9.37 Å². The number of anilines is 2. The summed E-state index contributed by atoms with van der Waals surface area (Å²) in [5, 5.41) is 0.0268. The maximum atomic E-state index is 12.4. The van der Waals surface area contributed by atoms with Crippen molar-refractivity contribution in [2.75, 3.05) is 11.5 Å². The van der Waals surface area contributed by atoms with Crippen LogP contribution in [0.2, 0.25) is 5.15 Å². The van der Waals surface area contributed by atoms with Gasteiger partial charge in [0.05, 0.1) is 17.6 Å². The quantitative estimate of drug-likeness (QED) is 0.559. The summed E-state index contributed by atoms with van der Waals surface area (Å²) in [4.78, 5) is 3.42. The van der Waals surface area contributed by atoms with Crippen molar-refractivity contribution < 1.29 is 4.39 Å². The van der Waals surface area contributed by atoms with E-state index in [1.54, 1.807) is 0 Å². The standard InChI is InChI=1S/C5H5ClFN3/c6-5-4(9)3(8)2(7)1-10-5/h1H,9H2,(H2,8,10).